The van der Waals surface area contributed by atoms with Gasteiger partial charge in [-0.1, -0.05) is 30.3 Å². The van der Waals surface area contributed by atoms with E-state index in [1.54, 1.807) is 0 Å². The van der Waals surface area contributed by atoms with Crippen molar-refractivity contribution in [3.05, 3.63) is 35.9 Å². The summed E-state index contributed by atoms with van der Waals surface area (Å²) in [4.78, 5) is 0. The van der Waals surface area contributed by atoms with Crippen molar-refractivity contribution in [2.75, 3.05) is 6.54 Å². The van der Waals surface area contributed by atoms with Gasteiger partial charge in [0.2, 0.25) is 0 Å². The van der Waals surface area contributed by atoms with Crippen molar-refractivity contribution in [2.45, 2.75) is 25.7 Å². The number of hydrogen-bond acceptors (Lipinski definition) is 1. The Morgan fingerprint density at radius 3 is 2.40 bits per heavy atom. The van der Waals surface area contributed by atoms with Crippen molar-refractivity contribution >= 4 is 0 Å². The third kappa shape index (κ3) is 1.69. The molecule has 0 bridgehead atoms. The molecule has 2 aliphatic rings. The quantitative estimate of drug-likeness (QED) is 0.799. The monoisotopic (exact) mass is 201 g/mol. The predicted molar refractivity (Wildman–Crippen MR) is 62.5 cm³/mol. The van der Waals surface area contributed by atoms with Gasteiger partial charge in [0.25, 0.3) is 0 Å². The van der Waals surface area contributed by atoms with Crippen molar-refractivity contribution in [3.63, 3.8) is 0 Å². The molecule has 80 valence electrons. The van der Waals surface area contributed by atoms with Crippen LogP contribution in [0.25, 0.3) is 0 Å². The fraction of sp³-hybridized carbons (Fsp3) is 0.571. The number of nitrogens with two attached hydrogens (primary N) is 1. The summed E-state index contributed by atoms with van der Waals surface area (Å²) in [5, 5.41) is 0. The van der Waals surface area contributed by atoms with Gasteiger partial charge in [-0.05, 0) is 55.0 Å². The maximum Gasteiger partial charge on any atom is -0.00171 e. The standard InChI is InChI=1S/C14H19N/c15-10-14(8-12-6-13(12)9-14)7-11-4-2-1-3-5-11/h1-5,12-13H,6-10,15H2. The zero-order valence-corrected chi connectivity index (χ0v) is 9.15. The predicted octanol–water partition coefficient (Wildman–Crippen LogP) is 2.60. The van der Waals surface area contributed by atoms with Crippen LogP contribution in [0.2, 0.25) is 0 Å². The lowest BCUT2D eigenvalue weighted by molar-refractivity contribution is 0.273. The average Bonchev–Trinajstić information content (AvgIpc) is 2.89. The summed E-state index contributed by atoms with van der Waals surface area (Å²) in [7, 11) is 0. The van der Waals surface area contributed by atoms with E-state index in [0.717, 1.165) is 18.4 Å². The van der Waals surface area contributed by atoms with E-state index in [4.69, 9.17) is 5.73 Å². The van der Waals surface area contributed by atoms with E-state index in [1.807, 2.05) is 0 Å². The molecule has 0 aromatic heterocycles. The van der Waals surface area contributed by atoms with Gasteiger partial charge in [-0.15, -0.1) is 0 Å². The molecule has 3 rings (SSSR count). The van der Waals surface area contributed by atoms with E-state index in [1.165, 1.54) is 31.2 Å². The molecule has 1 heteroatoms. The van der Waals surface area contributed by atoms with Gasteiger partial charge < -0.3 is 5.73 Å². The van der Waals surface area contributed by atoms with Crippen LogP contribution in [-0.4, -0.2) is 6.54 Å². The molecular formula is C14H19N. The maximum atomic E-state index is 6.00. The second-order valence-electron chi connectivity index (χ2n) is 5.53. The van der Waals surface area contributed by atoms with E-state index < -0.39 is 0 Å². The second kappa shape index (κ2) is 3.34. The van der Waals surface area contributed by atoms with Crippen LogP contribution >= 0.6 is 0 Å². The summed E-state index contributed by atoms with van der Waals surface area (Å²) < 4.78 is 0. The molecule has 15 heavy (non-hydrogen) atoms. The molecule has 0 aliphatic heterocycles. The Bertz CT molecular complexity index is 334. The molecule has 2 fully saturated rings. The topological polar surface area (TPSA) is 26.0 Å². The van der Waals surface area contributed by atoms with Crippen molar-refractivity contribution in [1.82, 2.24) is 0 Å². The van der Waals surface area contributed by atoms with Gasteiger partial charge in [0.05, 0.1) is 0 Å². The van der Waals surface area contributed by atoms with Crippen LogP contribution in [0.3, 0.4) is 0 Å². The average molecular weight is 201 g/mol. The first kappa shape index (κ1) is 9.41. The molecule has 2 N–H and O–H groups in total. The molecule has 1 aromatic rings. The summed E-state index contributed by atoms with van der Waals surface area (Å²) in [6.45, 7) is 0.870. The minimum atomic E-state index is 0.439. The van der Waals surface area contributed by atoms with Gasteiger partial charge in [0.1, 0.15) is 0 Å². The highest BCUT2D eigenvalue weighted by atomic mass is 14.7. The Hall–Kier alpha value is -0.820. The molecule has 2 unspecified atom stereocenters. The molecule has 0 saturated heterocycles. The number of hydrogen-bond donors (Lipinski definition) is 1. The molecule has 2 atom stereocenters. The smallest absolute Gasteiger partial charge is 0.00171 e. The Labute approximate surface area is 91.7 Å². The number of rotatable bonds is 3. The Kier molecular flexibility index (Phi) is 2.10. The Morgan fingerprint density at radius 2 is 1.80 bits per heavy atom. The summed E-state index contributed by atoms with van der Waals surface area (Å²) in [5.74, 6) is 2.05. The van der Waals surface area contributed by atoms with Crippen molar-refractivity contribution < 1.29 is 0 Å². The van der Waals surface area contributed by atoms with Gasteiger partial charge in [0.15, 0.2) is 0 Å². The second-order valence-corrected chi connectivity index (χ2v) is 5.53. The molecular weight excluding hydrogens is 182 g/mol. The third-order valence-corrected chi connectivity index (χ3v) is 4.31. The highest BCUT2D eigenvalue weighted by Crippen LogP contribution is 2.60. The highest BCUT2D eigenvalue weighted by molar-refractivity contribution is 5.19. The van der Waals surface area contributed by atoms with Gasteiger partial charge >= 0.3 is 0 Å². The first-order valence-corrected chi connectivity index (χ1v) is 6.05. The van der Waals surface area contributed by atoms with Crippen LogP contribution in [0.15, 0.2) is 30.3 Å². The summed E-state index contributed by atoms with van der Waals surface area (Å²) >= 11 is 0. The lowest BCUT2D eigenvalue weighted by Gasteiger charge is -2.29. The molecule has 0 amide bonds. The first-order chi connectivity index (χ1) is 7.31. The minimum Gasteiger partial charge on any atom is -0.330 e. The van der Waals surface area contributed by atoms with Crippen LogP contribution in [0.4, 0.5) is 0 Å². The zero-order chi connectivity index (χ0) is 10.3. The first-order valence-electron chi connectivity index (χ1n) is 6.05. The van der Waals surface area contributed by atoms with Crippen molar-refractivity contribution in [1.29, 1.82) is 0 Å². The highest BCUT2D eigenvalue weighted by Gasteiger charge is 2.52. The molecule has 0 radical (unpaired) electrons. The van der Waals surface area contributed by atoms with Gasteiger partial charge in [-0.2, -0.15) is 0 Å². The van der Waals surface area contributed by atoms with E-state index in [-0.39, 0.29) is 0 Å². The molecule has 2 saturated carbocycles. The van der Waals surface area contributed by atoms with Crippen molar-refractivity contribution in [3.8, 4) is 0 Å². The number of fused-ring (bicyclic) bond motifs is 1. The van der Waals surface area contributed by atoms with Crippen molar-refractivity contribution in [2.24, 2.45) is 23.0 Å². The lowest BCUT2D eigenvalue weighted by atomic mass is 9.77. The Morgan fingerprint density at radius 1 is 1.13 bits per heavy atom. The van der Waals surface area contributed by atoms with Gasteiger partial charge in [-0.25, -0.2) is 0 Å². The SMILES string of the molecule is NCC1(Cc2ccccc2)CC2CC2C1. The molecule has 1 aromatic carbocycles. The third-order valence-electron chi connectivity index (χ3n) is 4.31. The summed E-state index contributed by atoms with van der Waals surface area (Å²) in [6, 6.07) is 10.8. The Balaban J connectivity index is 1.75. The fourth-order valence-electron chi connectivity index (χ4n) is 3.42. The van der Waals surface area contributed by atoms with Gasteiger partial charge in [0, 0.05) is 0 Å². The zero-order valence-electron chi connectivity index (χ0n) is 9.15. The normalized spacial score (nSPS) is 37.7. The largest absolute Gasteiger partial charge is 0.330 e. The van der Waals surface area contributed by atoms with Gasteiger partial charge in [-0.3, -0.25) is 0 Å². The van der Waals surface area contributed by atoms with Crippen LogP contribution in [0, 0.1) is 17.3 Å². The summed E-state index contributed by atoms with van der Waals surface area (Å²) in [6.07, 6.45) is 5.43. The molecule has 2 aliphatic carbocycles. The van der Waals surface area contributed by atoms with Crippen LogP contribution in [-0.2, 0) is 6.42 Å². The van der Waals surface area contributed by atoms with E-state index >= 15 is 0 Å². The minimum absolute atomic E-state index is 0.439. The maximum absolute atomic E-state index is 6.00. The van der Waals surface area contributed by atoms with E-state index in [9.17, 15) is 0 Å². The van der Waals surface area contributed by atoms with E-state index in [0.29, 0.717) is 5.41 Å². The van der Waals surface area contributed by atoms with Crippen LogP contribution < -0.4 is 5.73 Å². The fourth-order valence-corrected chi connectivity index (χ4v) is 3.42. The molecule has 1 nitrogen and oxygen atoms in total. The van der Waals surface area contributed by atoms with Crippen LogP contribution in [0.1, 0.15) is 24.8 Å². The molecule has 0 heterocycles. The lowest BCUT2D eigenvalue weighted by Crippen LogP contribution is -2.31. The number of benzene rings is 1. The summed E-state index contributed by atoms with van der Waals surface area (Å²) in [5.41, 5.74) is 7.90. The molecule has 0 spiro atoms. The van der Waals surface area contributed by atoms with E-state index in [2.05, 4.69) is 30.3 Å². The van der Waals surface area contributed by atoms with Crippen LogP contribution in [0.5, 0.6) is 0 Å².